The van der Waals surface area contributed by atoms with Crippen LogP contribution in [-0.4, -0.2) is 34.5 Å². The number of rotatable bonds is 7. The summed E-state index contributed by atoms with van der Waals surface area (Å²) in [7, 11) is -2.07. The number of carbonyl (C=O) groups excluding carboxylic acids is 1. The van der Waals surface area contributed by atoms with Gasteiger partial charge in [-0.15, -0.1) is 0 Å². The molecule has 0 heterocycles. The highest BCUT2D eigenvalue weighted by Gasteiger charge is 2.16. The number of ether oxygens (including phenoxy) is 1. The van der Waals surface area contributed by atoms with Crippen LogP contribution in [0, 0.1) is 20.8 Å². The Balaban J connectivity index is 1.93. The van der Waals surface area contributed by atoms with Crippen LogP contribution in [0.25, 0.3) is 0 Å². The number of aryl methyl sites for hydroxylation is 3. The summed E-state index contributed by atoms with van der Waals surface area (Å²) in [6.45, 7) is 5.77. The van der Waals surface area contributed by atoms with Crippen LogP contribution in [0.2, 0.25) is 0 Å². The summed E-state index contributed by atoms with van der Waals surface area (Å²) in [4.78, 5) is 12.4. The van der Waals surface area contributed by atoms with Crippen molar-refractivity contribution < 1.29 is 17.9 Å². The number of methoxy groups -OCH3 is 1. The van der Waals surface area contributed by atoms with Crippen molar-refractivity contribution in [2.45, 2.75) is 25.7 Å². The van der Waals surface area contributed by atoms with Crippen LogP contribution in [0.1, 0.15) is 27.0 Å². The van der Waals surface area contributed by atoms with Gasteiger partial charge in [0.05, 0.1) is 12.0 Å². The Labute approximate surface area is 154 Å². The first-order valence-electron chi connectivity index (χ1n) is 8.24. The molecule has 0 aromatic heterocycles. The molecule has 0 unspecified atom stereocenters. The second kappa shape index (κ2) is 8.33. The Morgan fingerprint density at radius 2 is 1.69 bits per heavy atom. The van der Waals surface area contributed by atoms with E-state index in [1.165, 1.54) is 0 Å². The van der Waals surface area contributed by atoms with Gasteiger partial charge in [-0.05, 0) is 55.7 Å². The summed E-state index contributed by atoms with van der Waals surface area (Å²) in [6.07, 6.45) is 0. The van der Waals surface area contributed by atoms with Crippen LogP contribution < -0.4 is 14.8 Å². The van der Waals surface area contributed by atoms with Gasteiger partial charge in [-0.2, -0.15) is 0 Å². The Bertz CT molecular complexity index is 908. The van der Waals surface area contributed by atoms with E-state index < -0.39 is 10.0 Å². The summed E-state index contributed by atoms with van der Waals surface area (Å²) >= 11 is 0. The first kappa shape index (κ1) is 19.9. The molecule has 0 saturated carbocycles. The summed E-state index contributed by atoms with van der Waals surface area (Å²) in [5.74, 6) is 0.350. The smallest absolute Gasteiger partial charge is 0.251 e. The maximum atomic E-state index is 12.4. The molecule has 0 spiro atoms. The van der Waals surface area contributed by atoms with Gasteiger partial charge in [-0.25, -0.2) is 13.1 Å². The van der Waals surface area contributed by atoms with E-state index in [0.29, 0.717) is 16.9 Å². The summed E-state index contributed by atoms with van der Waals surface area (Å²) < 4.78 is 32.5. The Morgan fingerprint density at radius 1 is 1.00 bits per heavy atom. The van der Waals surface area contributed by atoms with Crippen molar-refractivity contribution >= 4 is 15.9 Å². The van der Waals surface area contributed by atoms with Gasteiger partial charge in [0, 0.05) is 18.7 Å². The lowest BCUT2D eigenvalue weighted by atomic mass is 10.1. The molecule has 26 heavy (non-hydrogen) atoms. The molecule has 2 aromatic rings. The molecule has 0 aliphatic carbocycles. The van der Waals surface area contributed by atoms with E-state index in [-0.39, 0.29) is 23.9 Å². The molecule has 140 valence electrons. The van der Waals surface area contributed by atoms with Crippen molar-refractivity contribution in [2.24, 2.45) is 0 Å². The molecule has 0 bridgehead atoms. The van der Waals surface area contributed by atoms with Crippen molar-refractivity contribution in [1.82, 2.24) is 10.0 Å². The molecule has 2 N–H and O–H groups in total. The third-order valence-corrected chi connectivity index (χ3v) is 5.61. The van der Waals surface area contributed by atoms with Gasteiger partial charge in [-0.1, -0.05) is 18.2 Å². The lowest BCUT2D eigenvalue weighted by Gasteiger charge is -2.11. The summed E-state index contributed by atoms with van der Waals surface area (Å²) in [6, 6.07) is 10.4. The van der Waals surface area contributed by atoms with Gasteiger partial charge in [0.1, 0.15) is 5.75 Å². The fourth-order valence-electron chi connectivity index (χ4n) is 2.50. The highest BCUT2D eigenvalue weighted by Crippen LogP contribution is 2.19. The highest BCUT2D eigenvalue weighted by molar-refractivity contribution is 7.89. The molecular formula is C19H24N2O4S. The second-order valence-corrected chi connectivity index (χ2v) is 7.84. The number of hydrogen-bond donors (Lipinski definition) is 2. The Hall–Kier alpha value is -2.38. The van der Waals surface area contributed by atoms with E-state index >= 15 is 0 Å². The predicted octanol–water partition coefficient (Wildman–Crippen LogP) is 2.33. The van der Waals surface area contributed by atoms with Gasteiger partial charge < -0.3 is 10.1 Å². The minimum atomic E-state index is -3.61. The topological polar surface area (TPSA) is 84.5 Å². The molecule has 2 rings (SSSR count). The van der Waals surface area contributed by atoms with Crippen LogP contribution in [0.3, 0.4) is 0 Å². The average Bonchev–Trinajstić information content (AvgIpc) is 2.61. The molecule has 0 radical (unpaired) electrons. The van der Waals surface area contributed by atoms with Gasteiger partial charge in [0.15, 0.2) is 0 Å². The third kappa shape index (κ3) is 4.83. The maximum absolute atomic E-state index is 12.4. The third-order valence-electron chi connectivity index (χ3n) is 4.01. The number of benzene rings is 2. The monoisotopic (exact) mass is 376 g/mol. The normalized spacial score (nSPS) is 11.2. The largest absolute Gasteiger partial charge is 0.496 e. The number of carbonyl (C=O) groups is 1. The zero-order chi connectivity index (χ0) is 19.3. The maximum Gasteiger partial charge on any atom is 0.251 e. The zero-order valence-electron chi connectivity index (χ0n) is 15.4. The standard InChI is InChI=1S/C19H24N2O4S/c1-13-5-6-15(3)18(11-13)26(23,24)21-10-9-20-19(22)16-8-7-14(2)17(12-16)25-4/h5-8,11-12,21H,9-10H2,1-4H3,(H,20,22). The molecule has 0 aliphatic heterocycles. The van der Waals surface area contributed by atoms with Gasteiger partial charge in [0.25, 0.3) is 5.91 Å². The van der Waals surface area contributed by atoms with Crippen LogP contribution in [0.15, 0.2) is 41.3 Å². The highest BCUT2D eigenvalue weighted by atomic mass is 32.2. The van der Waals surface area contributed by atoms with E-state index in [0.717, 1.165) is 11.1 Å². The SMILES string of the molecule is COc1cc(C(=O)NCCNS(=O)(=O)c2cc(C)ccc2C)ccc1C. The molecular weight excluding hydrogens is 352 g/mol. The zero-order valence-corrected chi connectivity index (χ0v) is 16.2. The Kier molecular flexibility index (Phi) is 6.39. The molecule has 7 heteroatoms. The summed E-state index contributed by atoms with van der Waals surface area (Å²) in [5.41, 5.74) is 2.95. The van der Waals surface area contributed by atoms with Crippen LogP contribution >= 0.6 is 0 Å². The van der Waals surface area contributed by atoms with Crippen LogP contribution in [-0.2, 0) is 10.0 Å². The first-order valence-corrected chi connectivity index (χ1v) is 9.72. The molecule has 1 amide bonds. The van der Waals surface area contributed by atoms with E-state index in [9.17, 15) is 13.2 Å². The van der Waals surface area contributed by atoms with Crippen molar-refractivity contribution in [1.29, 1.82) is 0 Å². The number of nitrogens with one attached hydrogen (secondary N) is 2. The average molecular weight is 376 g/mol. The van der Waals surface area contributed by atoms with Crippen molar-refractivity contribution in [3.05, 3.63) is 58.7 Å². The predicted molar refractivity (Wildman–Crippen MR) is 101 cm³/mol. The molecule has 0 aliphatic rings. The minimum Gasteiger partial charge on any atom is -0.496 e. The van der Waals surface area contributed by atoms with Crippen molar-refractivity contribution in [3.63, 3.8) is 0 Å². The lowest BCUT2D eigenvalue weighted by molar-refractivity contribution is 0.0954. The minimum absolute atomic E-state index is 0.102. The molecule has 0 atom stereocenters. The Morgan fingerprint density at radius 3 is 2.38 bits per heavy atom. The van der Waals surface area contributed by atoms with E-state index in [1.54, 1.807) is 44.4 Å². The summed E-state index contributed by atoms with van der Waals surface area (Å²) in [5, 5.41) is 2.70. The van der Waals surface area contributed by atoms with E-state index in [1.807, 2.05) is 19.9 Å². The van der Waals surface area contributed by atoms with Crippen molar-refractivity contribution in [3.8, 4) is 5.75 Å². The van der Waals surface area contributed by atoms with Gasteiger partial charge >= 0.3 is 0 Å². The molecule has 0 fully saturated rings. The van der Waals surface area contributed by atoms with Gasteiger partial charge in [0.2, 0.25) is 10.0 Å². The first-order chi connectivity index (χ1) is 12.2. The van der Waals surface area contributed by atoms with Gasteiger partial charge in [-0.3, -0.25) is 4.79 Å². The fourth-order valence-corrected chi connectivity index (χ4v) is 3.86. The molecule has 2 aromatic carbocycles. The number of hydrogen-bond acceptors (Lipinski definition) is 4. The van der Waals surface area contributed by atoms with E-state index in [4.69, 9.17) is 4.74 Å². The molecule has 6 nitrogen and oxygen atoms in total. The van der Waals surface area contributed by atoms with Crippen LogP contribution in [0.5, 0.6) is 5.75 Å². The van der Waals surface area contributed by atoms with E-state index in [2.05, 4.69) is 10.0 Å². The fraction of sp³-hybridized carbons (Fsp3) is 0.316. The van der Waals surface area contributed by atoms with Crippen LogP contribution in [0.4, 0.5) is 0 Å². The number of sulfonamides is 1. The molecule has 0 saturated heterocycles. The quantitative estimate of drug-likeness (QED) is 0.727. The second-order valence-electron chi connectivity index (χ2n) is 6.11. The lowest BCUT2D eigenvalue weighted by Crippen LogP contribution is -2.35. The van der Waals surface area contributed by atoms with Crippen molar-refractivity contribution in [2.75, 3.05) is 20.2 Å². The number of amides is 1.